The lowest BCUT2D eigenvalue weighted by atomic mass is 10.1. The summed E-state index contributed by atoms with van der Waals surface area (Å²) in [5, 5.41) is 3.01. The number of rotatable bonds is 8. The molecule has 5 nitrogen and oxygen atoms in total. The molecule has 158 valence electrons. The van der Waals surface area contributed by atoms with E-state index < -0.39 is 15.6 Å². The quantitative estimate of drug-likeness (QED) is 0.608. The van der Waals surface area contributed by atoms with E-state index in [0.29, 0.717) is 12.8 Å². The molecule has 0 heterocycles. The number of aryl methyl sites for hydroxylation is 1. The van der Waals surface area contributed by atoms with Crippen molar-refractivity contribution in [1.82, 2.24) is 10.0 Å². The van der Waals surface area contributed by atoms with E-state index in [1.807, 2.05) is 37.4 Å². The van der Waals surface area contributed by atoms with Crippen LogP contribution < -0.4 is 10.0 Å². The number of nitrogens with one attached hydrogen (secondary N) is 2. The van der Waals surface area contributed by atoms with Gasteiger partial charge in [-0.1, -0.05) is 24.3 Å². The number of hydrogen-bond acceptors (Lipinski definition) is 4. The van der Waals surface area contributed by atoms with Gasteiger partial charge in [0.15, 0.2) is 0 Å². The molecular formula is C22H30N2O3S2. The zero-order valence-corrected chi connectivity index (χ0v) is 19.3. The van der Waals surface area contributed by atoms with Crippen LogP contribution in [0.1, 0.15) is 51.3 Å². The molecule has 0 spiro atoms. The van der Waals surface area contributed by atoms with Crippen LogP contribution in [-0.2, 0) is 21.2 Å². The smallest absolute Gasteiger partial charge is 0.241 e. The Balaban J connectivity index is 1.89. The fourth-order valence-electron chi connectivity index (χ4n) is 2.84. The van der Waals surface area contributed by atoms with Gasteiger partial charge >= 0.3 is 0 Å². The number of amides is 1. The Morgan fingerprint density at radius 2 is 1.62 bits per heavy atom. The Hall–Kier alpha value is -1.83. The monoisotopic (exact) mass is 434 g/mol. The van der Waals surface area contributed by atoms with Gasteiger partial charge in [-0.05, 0) is 75.8 Å². The summed E-state index contributed by atoms with van der Waals surface area (Å²) in [7, 11) is -3.55. The van der Waals surface area contributed by atoms with Gasteiger partial charge in [-0.25, -0.2) is 13.1 Å². The van der Waals surface area contributed by atoms with E-state index in [1.165, 1.54) is 4.90 Å². The van der Waals surface area contributed by atoms with Gasteiger partial charge in [-0.2, -0.15) is 0 Å². The maximum atomic E-state index is 12.3. The highest BCUT2D eigenvalue weighted by molar-refractivity contribution is 7.98. The van der Waals surface area contributed by atoms with Gasteiger partial charge < -0.3 is 5.32 Å². The van der Waals surface area contributed by atoms with Crippen LogP contribution in [-0.4, -0.2) is 26.1 Å². The summed E-state index contributed by atoms with van der Waals surface area (Å²) in [5.41, 5.74) is 1.45. The number of sulfonamides is 1. The molecule has 0 aliphatic heterocycles. The molecule has 0 radical (unpaired) electrons. The van der Waals surface area contributed by atoms with Crippen molar-refractivity contribution in [3.63, 3.8) is 0 Å². The third-order valence-electron chi connectivity index (χ3n) is 4.31. The zero-order chi connectivity index (χ0) is 21.7. The first-order chi connectivity index (χ1) is 13.5. The van der Waals surface area contributed by atoms with Crippen molar-refractivity contribution in [2.75, 3.05) is 6.26 Å². The average Bonchev–Trinajstić information content (AvgIpc) is 2.65. The molecule has 2 rings (SSSR count). The van der Waals surface area contributed by atoms with Crippen LogP contribution in [0.15, 0.2) is 58.3 Å². The molecule has 0 aromatic heterocycles. The molecular weight excluding hydrogens is 404 g/mol. The molecule has 0 bridgehead atoms. The molecule has 7 heteroatoms. The molecule has 1 amide bonds. The second-order valence-corrected chi connectivity index (χ2v) is 10.6. The van der Waals surface area contributed by atoms with E-state index in [4.69, 9.17) is 0 Å². The number of hydrogen-bond donors (Lipinski definition) is 2. The van der Waals surface area contributed by atoms with E-state index >= 15 is 0 Å². The van der Waals surface area contributed by atoms with Crippen LogP contribution in [0, 0.1) is 0 Å². The van der Waals surface area contributed by atoms with Crippen LogP contribution in [0.5, 0.6) is 0 Å². The largest absolute Gasteiger partial charge is 0.350 e. The lowest BCUT2D eigenvalue weighted by Crippen LogP contribution is -2.40. The minimum Gasteiger partial charge on any atom is -0.350 e. The Morgan fingerprint density at radius 1 is 1.03 bits per heavy atom. The molecule has 0 unspecified atom stereocenters. The standard InChI is InChI=1S/C22H30N2O3S2/c1-16(18-9-11-19(28-5)12-10-18)23-21(25)15-8-17-6-13-20(14-7-17)29(26,27)24-22(2,3)4/h6-7,9-14,16,24H,8,15H2,1-5H3,(H,23,25)/t16-/m1/s1. The molecule has 0 aliphatic rings. The summed E-state index contributed by atoms with van der Waals surface area (Å²) in [5.74, 6) is -0.0301. The van der Waals surface area contributed by atoms with Crippen molar-refractivity contribution in [2.24, 2.45) is 0 Å². The summed E-state index contributed by atoms with van der Waals surface area (Å²) in [6.07, 6.45) is 2.93. The maximum Gasteiger partial charge on any atom is 0.241 e. The Morgan fingerprint density at radius 3 is 2.14 bits per heavy atom. The van der Waals surface area contributed by atoms with Gasteiger partial charge in [0.1, 0.15) is 0 Å². The Kier molecular flexibility index (Phi) is 7.91. The van der Waals surface area contributed by atoms with Gasteiger partial charge in [0.2, 0.25) is 15.9 Å². The molecule has 0 saturated carbocycles. The highest BCUT2D eigenvalue weighted by atomic mass is 32.2. The summed E-state index contributed by atoms with van der Waals surface area (Å²) in [6, 6.07) is 14.8. The summed E-state index contributed by atoms with van der Waals surface area (Å²) >= 11 is 1.68. The van der Waals surface area contributed by atoms with Gasteiger partial charge in [0, 0.05) is 16.9 Å². The molecule has 0 aliphatic carbocycles. The highest BCUT2D eigenvalue weighted by Crippen LogP contribution is 2.19. The van der Waals surface area contributed by atoms with Gasteiger partial charge in [0.05, 0.1) is 10.9 Å². The van der Waals surface area contributed by atoms with Crippen molar-refractivity contribution in [2.45, 2.75) is 61.9 Å². The topological polar surface area (TPSA) is 75.3 Å². The van der Waals surface area contributed by atoms with E-state index in [1.54, 1.807) is 56.8 Å². The minimum absolute atomic E-state index is 0.0301. The van der Waals surface area contributed by atoms with E-state index in [0.717, 1.165) is 11.1 Å². The van der Waals surface area contributed by atoms with Crippen LogP contribution >= 0.6 is 11.8 Å². The van der Waals surface area contributed by atoms with Gasteiger partial charge in [-0.3, -0.25) is 4.79 Å². The third kappa shape index (κ3) is 7.49. The summed E-state index contributed by atoms with van der Waals surface area (Å²) in [6.45, 7) is 7.37. The number of benzene rings is 2. The van der Waals surface area contributed by atoms with Crippen LogP contribution in [0.4, 0.5) is 0 Å². The maximum absolute atomic E-state index is 12.3. The zero-order valence-electron chi connectivity index (χ0n) is 17.7. The van der Waals surface area contributed by atoms with Gasteiger partial charge in [0.25, 0.3) is 0 Å². The average molecular weight is 435 g/mol. The first kappa shape index (κ1) is 23.4. The van der Waals surface area contributed by atoms with Crippen molar-refractivity contribution < 1.29 is 13.2 Å². The first-order valence-electron chi connectivity index (χ1n) is 9.56. The van der Waals surface area contributed by atoms with Crippen molar-refractivity contribution in [3.8, 4) is 0 Å². The molecule has 2 N–H and O–H groups in total. The molecule has 29 heavy (non-hydrogen) atoms. The van der Waals surface area contributed by atoms with E-state index in [9.17, 15) is 13.2 Å². The summed E-state index contributed by atoms with van der Waals surface area (Å²) < 4.78 is 27.3. The van der Waals surface area contributed by atoms with Crippen molar-refractivity contribution in [1.29, 1.82) is 0 Å². The predicted octanol–water partition coefficient (Wildman–Crippen LogP) is 4.30. The van der Waals surface area contributed by atoms with Gasteiger partial charge in [-0.15, -0.1) is 11.8 Å². The number of carbonyl (C=O) groups excluding carboxylic acids is 1. The normalized spacial score (nSPS) is 13.1. The van der Waals surface area contributed by atoms with E-state index in [2.05, 4.69) is 10.0 Å². The lowest BCUT2D eigenvalue weighted by molar-refractivity contribution is -0.121. The molecule has 2 aromatic carbocycles. The van der Waals surface area contributed by atoms with Crippen LogP contribution in [0.2, 0.25) is 0 Å². The Labute approximate surface area is 178 Å². The molecule has 0 fully saturated rings. The number of thioether (sulfide) groups is 1. The number of carbonyl (C=O) groups is 1. The summed E-state index contributed by atoms with van der Waals surface area (Å²) in [4.78, 5) is 13.7. The predicted molar refractivity (Wildman–Crippen MR) is 120 cm³/mol. The van der Waals surface area contributed by atoms with Crippen molar-refractivity contribution in [3.05, 3.63) is 59.7 Å². The molecule has 0 saturated heterocycles. The Bertz CT molecular complexity index is 916. The fraction of sp³-hybridized carbons (Fsp3) is 0.409. The lowest BCUT2D eigenvalue weighted by Gasteiger charge is -2.20. The second kappa shape index (κ2) is 9.78. The molecule has 2 aromatic rings. The second-order valence-electron chi connectivity index (χ2n) is 8.06. The van der Waals surface area contributed by atoms with Crippen molar-refractivity contribution >= 4 is 27.7 Å². The highest BCUT2D eigenvalue weighted by Gasteiger charge is 2.21. The molecule has 1 atom stereocenters. The fourth-order valence-corrected chi connectivity index (χ4v) is 4.67. The SMILES string of the molecule is CSc1ccc([C@@H](C)NC(=O)CCc2ccc(S(=O)(=O)NC(C)(C)C)cc2)cc1. The van der Waals surface area contributed by atoms with E-state index in [-0.39, 0.29) is 16.8 Å². The van der Waals surface area contributed by atoms with Crippen LogP contribution in [0.3, 0.4) is 0 Å². The third-order valence-corrected chi connectivity index (χ3v) is 6.83. The first-order valence-corrected chi connectivity index (χ1v) is 12.3. The minimum atomic E-state index is -3.55. The van der Waals surface area contributed by atoms with Crippen LogP contribution in [0.25, 0.3) is 0 Å².